The molecule has 0 aromatic heterocycles. The summed E-state index contributed by atoms with van der Waals surface area (Å²) < 4.78 is 0. The highest BCUT2D eigenvalue weighted by atomic mass is 16.4. The largest absolute Gasteiger partial charge is 0.481 e. The molecule has 0 aromatic carbocycles. The van der Waals surface area contributed by atoms with Crippen molar-refractivity contribution in [2.24, 2.45) is 63.1 Å². The lowest BCUT2D eigenvalue weighted by molar-refractivity contribution is -0.232. The van der Waals surface area contributed by atoms with Crippen LogP contribution in [-0.4, -0.2) is 22.2 Å². The topological polar surface area (TPSA) is 74.6 Å². The number of aliphatic carboxylic acids is 2. The van der Waals surface area contributed by atoms with Gasteiger partial charge in [-0.25, -0.2) is 0 Å². The highest BCUT2D eigenvalue weighted by molar-refractivity contribution is 5.77. The minimum Gasteiger partial charge on any atom is -0.481 e. The van der Waals surface area contributed by atoms with E-state index in [4.69, 9.17) is 0 Å². The van der Waals surface area contributed by atoms with E-state index in [2.05, 4.69) is 27.7 Å². The summed E-state index contributed by atoms with van der Waals surface area (Å²) in [5.41, 5.74) is 0.0309. The van der Waals surface area contributed by atoms with Gasteiger partial charge in [0.25, 0.3) is 0 Å². The van der Waals surface area contributed by atoms with Crippen molar-refractivity contribution < 1.29 is 19.8 Å². The van der Waals surface area contributed by atoms with Crippen LogP contribution in [0.2, 0.25) is 0 Å². The molecule has 0 amide bonds. The first-order valence-electron chi connectivity index (χ1n) is 13.9. The molecular weight excluding hydrogens is 412 g/mol. The number of hydrogen-bond acceptors (Lipinski definition) is 2. The third kappa shape index (κ3) is 2.87. The smallest absolute Gasteiger partial charge is 0.309 e. The summed E-state index contributed by atoms with van der Waals surface area (Å²) in [7, 11) is 0. The quantitative estimate of drug-likeness (QED) is 0.484. The molecule has 2 N–H and O–H groups in total. The fraction of sp³-hybridized carbons (Fsp3) is 0.931. The maximum absolute atomic E-state index is 12.8. The average Bonchev–Trinajstić information content (AvgIpc) is 3.14. The molecule has 0 heterocycles. The van der Waals surface area contributed by atoms with Crippen molar-refractivity contribution >= 4 is 11.9 Å². The lowest BCUT2D eigenvalue weighted by Gasteiger charge is -2.71. The molecule has 0 bridgehead atoms. The van der Waals surface area contributed by atoms with Crippen molar-refractivity contribution in [3.8, 4) is 0 Å². The van der Waals surface area contributed by atoms with Gasteiger partial charge in [-0.15, -0.1) is 0 Å². The van der Waals surface area contributed by atoms with Gasteiger partial charge in [-0.2, -0.15) is 0 Å². The van der Waals surface area contributed by atoms with Crippen LogP contribution in [0.3, 0.4) is 0 Å². The van der Waals surface area contributed by atoms with Crippen LogP contribution in [0.1, 0.15) is 105 Å². The van der Waals surface area contributed by atoms with Crippen LogP contribution in [0.5, 0.6) is 0 Å². The van der Waals surface area contributed by atoms with E-state index in [1.54, 1.807) is 0 Å². The second kappa shape index (κ2) is 7.47. The standard InChI is InChI=1S/C29H46O4/c1-17-7-6-12-26(3)20(17)11-13-28(5)22(26)9-8-21-23-19(18(2)24(30)31)10-14-29(23,25(32)33)16-15-27(21,28)4/h17-23H,6-16H2,1-5H3,(H,30,31)(H,32,33)/t17?,18?,19?,20?,21?,22?,23?,26?,27-,28?,29?/m1/s1. The Balaban J connectivity index is 1.56. The molecule has 10 unspecified atom stereocenters. The molecule has 0 aromatic rings. The SMILES string of the molecule is CC1CCCC2(C)C1CCC1(C)C2CCC2C3C(C(C)C(=O)O)CCC3(C(=O)O)CC[C@]21C. The van der Waals surface area contributed by atoms with Crippen LogP contribution in [0, 0.1) is 63.1 Å². The first-order valence-corrected chi connectivity index (χ1v) is 13.9. The van der Waals surface area contributed by atoms with Gasteiger partial charge >= 0.3 is 11.9 Å². The molecule has 0 radical (unpaired) electrons. The maximum Gasteiger partial charge on any atom is 0.309 e. The normalized spacial score (nSPS) is 54.3. The minimum atomic E-state index is -0.752. The van der Waals surface area contributed by atoms with E-state index in [1.165, 1.54) is 38.5 Å². The molecule has 4 heteroatoms. The van der Waals surface area contributed by atoms with Gasteiger partial charge in [0, 0.05) is 0 Å². The third-order valence-corrected chi connectivity index (χ3v) is 13.3. The van der Waals surface area contributed by atoms with Gasteiger partial charge in [0.05, 0.1) is 11.3 Å². The molecule has 5 aliphatic rings. The van der Waals surface area contributed by atoms with Gasteiger partial charge < -0.3 is 10.2 Å². The molecular formula is C29H46O4. The van der Waals surface area contributed by atoms with Gasteiger partial charge in [0.2, 0.25) is 0 Å². The minimum absolute atomic E-state index is 0.00781. The summed E-state index contributed by atoms with van der Waals surface area (Å²) in [5, 5.41) is 20.4. The van der Waals surface area contributed by atoms with Crippen LogP contribution in [0.4, 0.5) is 0 Å². The molecule has 5 fully saturated rings. The highest BCUT2D eigenvalue weighted by Gasteiger charge is 2.71. The fourth-order valence-corrected chi connectivity index (χ4v) is 11.5. The van der Waals surface area contributed by atoms with E-state index in [0.29, 0.717) is 23.7 Å². The second-order valence-corrected chi connectivity index (χ2v) is 13.9. The van der Waals surface area contributed by atoms with Crippen LogP contribution in [-0.2, 0) is 9.59 Å². The van der Waals surface area contributed by atoms with Crippen molar-refractivity contribution in [1.29, 1.82) is 0 Å². The Kier molecular flexibility index (Phi) is 5.36. The zero-order valence-electron chi connectivity index (χ0n) is 21.5. The summed E-state index contributed by atoms with van der Waals surface area (Å²) in [6.07, 6.45) is 12.1. The van der Waals surface area contributed by atoms with Crippen molar-refractivity contribution in [2.75, 3.05) is 0 Å². The van der Waals surface area contributed by atoms with E-state index in [1.807, 2.05) is 6.92 Å². The maximum atomic E-state index is 12.8. The van der Waals surface area contributed by atoms with Crippen LogP contribution < -0.4 is 0 Å². The Morgan fingerprint density at radius 2 is 1.55 bits per heavy atom. The molecule has 0 saturated heterocycles. The fourth-order valence-electron chi connectivity index (χ4n) is 11.5. The lowest BCUT2D eigenvalue weighted by atomic mass is 9.33. The number of fused-ring (bicyclic) bond motifs is 7. The summed E-state index contributed by atoms with van der Waals surface area (Å²) in [4.78, 5) is 24.8. The first-order chi connectivity index (χ1) is 15.4. The zero-order valence-corrected chi connectivity index (χ0v) is 21.5. The van der Waals surface area contributed by atoms with E-state index in [9.17, 15) is 19.8 Å². The van der Waals surface area contributed by atoms with Crippen molar-refractivity contribution in [2.45, 2.75) is 105 Å². The highest BCUT2D eigenvalue weighted by Crippen LogP contribution is 2.76. The van der Waals surface area contributed by atoms with Gasteiger partial charge in [0.1, 0.15) is 0 Å². The molecule has 0 aliphatic heterocycles. The lowest BCUT2D eigenvalue weighted by Crippen LogP contribution is -2.65. The van der Waals surface area contributed by atoms with Gasteiger partial charge in [-0.3, -0.25) is 9.59 Å². The average molecular weight is 459 g/mol. The van der Waals surface area contributed by atoms with Crippen LogP contribution >= 0.6 is 0 Å². The number of carboxylic acids is 2. The monoisotopic (exact) mass is 458 g/mol. The first kappa shape index (κ1) is 23.7. The number of carboxylic acid groups (broad SMARTS) is 2. The Labute approximate surface area is 200 Å². The Bertz CT molecular complexity index is 837. The third-order valence-electron chi connectivity index (χ3n) is 13.3. The molecule has 5 aliphatic carbocycles. The molecule has 33 heavy (non-hydrogen) atoms. The molecule has 4 nitrogen and oxygen atoms in total. The molecule has 5 rings (SSSR count). The van der Waals surface area contributed by atoms with Crippen molar-refractivity contribution in [1.82, 2.24) is 0 Å². The summed E-state index contributed by atoms with van der Waals surface area (Å²) >= 11 is 0. The molecule has 0 spiro atoms. The van der Waals surface area contributed by atoms with E-state index in [0.717, 1.165) is 37.5 Å². The molecule has 11 atom stereocenters. The molecule has 186 valence electrons. The predicted octanol–water partition coefficient (Wildman–Crippen LogP) is 6.87. The van der Waals surface area contributed by atoms with E-state index < -0.39 is 23.3 Å². The Morgan fingerprint density at radius 3 is 2.21 bits per heavy atom. The summed E-state index contributed by atoms with van der Waals surface area (Å²) in [5.74, 6) is 0.824. The van der Waals surface area contributed by atoms with Crippen LogP contribution in [0.15, 0.2) is 0 Å². The zero-order chi connectivity index (χ0) is 24.0. The number of rotatable bonds is 3. The van der Waals surface area contributed by atoms with Crippen LogP contribution in [0.25, 0.3) is 0 Å². The number of hydrogen-bond donors (Lipinski definition) is 2. The van der Waals surface area contributed by atoms with E-state index >= 15 is 0 Å². The van der Waals surface area contributed by atoms with Gasteiger partial charge in [-0.05, 0) is 110 Å². The Hall–Kier alpha value is -1.06. The van der Waals surface area contributed by atoms with Gasteiger partial charge in [-0.1, -0.05) is 47.5 Å². The summed E-state index contributed by atoms with van der Waals surface area (Å²) in [6.45, 7) is 12.0. The van der Waals surface area contributed by atoms with E-state index in [-0.39, 0.29) is 22.7 Å². The number of carbonyl (C=O) groups is 2. The van der Waals surface area contributed by atoms with Crippen molar-refractivity contribution in [3.05, 3.63) is 0 Å². The summed E-state index contributed by atoms with van der Waals surface area (Å²) in [6, 6.07) is 0. The second-order valence-electron chi connectivity index (χ2n) is 13.9. The molecule has 5 saturated carbocycles. The van der Waals surface area contributed by atoms with Crippen molar-refractivity contribution in [3.63, 3.8) is 0 Å². The van der Waals surface area contributed by atoms with Gasteiger partial charge in [0.15, 0.2) is 0 Å². The Morgan fingerprint density at radius 1 is 0.818 bits per heavy atom. The predicted molar refractivity (Wildman–Crippen MR) is 129 cm³/mol.